The number of nitrogens with zero attached hydrogens (tertiary/aromatic N) is 1. The smallest absolute Gasteiger partial charge is 0.408 e. The number of aromatic nitrogens is 1. The Morgan fingerprint density at radius 3 is 3.00 bits per heavy atom. The second-order valence-corrected chi connectivity index (χ2v) is 6.92. The molecule has 0 aliphatic heterocycles. The number of carbonyl (C=O) groups excluding carboxylic acids is 1. The minimum Gasteiger partial charge on any atom is -0.408 e. The summed E-state index contributed by atoms with van der Waals surface area (Å²) >= 11 is 0. The molecule has 5 nitrogen and oxygen atoms in total. The molecule has 2 saturated carbocycles. The molecule has 1 aromatic carbocycles. The van der Waals surface area contributed by atoms with Crippen LogP contribution < -0.4 is 11.1 Å². The molecule has 1 amide bonds. The highest BCUT2D eigenvalue weighted by Crippen LogP contribution is 2.47. The van der Waals surface area contributed by atoms with E-state index in [-0.39, 0.29) is 12.5 Å². The van der Waals surface area contributed by atoms with E-state index in [1.807, 2.05) is 12.1 Å². The first-order chi connectivity index (χ1) is 11.2. The second kappa shape index (κ2) is 5.87. The van der Waals surface area contributed by atoms with Gasteiger partial charge in [-0.15, -0.1) is 0 Å². The zero-order chi connectivity index (χ0) is 15.8. The lowest BCUT2D eigenvalue weighted by atomic mass is 9.92. The molecule has 1 aromatic heterocycles. The van der Waals surface area contributed by atoms with Crippen molar-refractivity contribution in [1.82, 2.24) is 9.88 Å². The predicted molar refractivity (Wildman–Crippen MR) is 87.0 cm³/mol. The van der Waals surface area contributed by atoms with Gasteiger partial charge in [-0.05, 0) is 49.1 Å². The predicted octanol–water partition coefficient (Wildman–Crippen LogP) is 2.54. The lowest BCUT2D eigenvalue weighted by Crippen LogP contribution is -2.35. The molecule has 3 atom stereocenters. The van der Waals surface area contributed by atoms with Gasteiger partial charge in [0.1, 0.15) is 6.54 Å². The quantitative estimate of drug-likeness (QED) is 0.943. The maximum absolute atomic E-state index is 12.2. The number of para-hydroxylation sites is 2. The molecule has 2 aromatic rings. The van der Waals surface area contributed by atoms with E-state index in [4.69, 9.17) is 4.42 Å². The molecule has 0 unspecified atom stereocenters. The SMILES string of the molecule is O=C(Cn1c(=O)oc2ccccc21)NC[C@H]1CC[C@@H]2CCC[C@@H]21. The van der Waals surface area contributed by atoms with Gasteiger partial charge in [0.2, 0.25) is 5.91 Å². The van der Waals surface area contributed by atoms with Crippen LogP contribution in [-0.2, 0) is 11.3 Å². The molecule has 4 rings (SSSR count). The van der Waals surface area contributed by atoms with Crippen LogP contribution in [0.15, 0.2) is 33.5 Å². The lowest BCUT2D eigenvalue weighted by molar-refractivity contribution is -0.121. The summed E-state index contributed by atoms with van der Waals surface area (Å²) in [6.45, 7) is 0.765. The van der Waals surface area contributed by atoms with Crippen molar-refractivity contribution in [2.24, 2.45) is 17.8 Å². The van der Waals surface area contributed by atoms with Crippen molar-refractivity contribution < 1.29 is 9.21 Å². The van der Waals surface area contributed by atoms with Crippen molar-refractivity contribution in [2.75, 3.05) is 6.54 Å². The molecule has 23 heavy (non-hydrogen) atoms. The highest BCUT2D eigenvalue weighted by molar-refractivity contribution is 5.79. The Kier molecular flexibility index (Phi) is 3.71. The van der Waals surface area contributed by atoms with E-state index in [0.29, 0.717) is 17.0 Å². The molecule has 2 aliphatic carbocycles. The summed E-state index contributed by atoms with van der Waals surface area (Å²) in [7, 11) is 0. The monoisotopic (exact) mass is 314 g/mol. The summed E-state index contributed by atoms with van der Waals surface area (Å²) in [5.74, 6) is 1.72. The molecular weight excluding hydrogens is 292 g/mol. The first-order valence-electron chi connectivity index (χ1n) is 8.57. The Balaban J connectivity index is 1.40. The van der Waals surface area contributed by atoms with Crippen molar-refractivity contribution in [3.8, 4) is 0 Å². The Bertz CT molecular complexity index is 776. The van der Waals surface area contributed by atoms with Gasteiger partial charge < -0.3 is 9.73 Å². The summed E-state index contributed by atoms with van der Waals surface area (Å²) in [6.07, 6.45) is 6.57. The summed E-state index contributed by atoms with van der Waals surface area (Å²) < 4.78 is 6.56. The molecule has 2 fully saturated rings. The average molecular weight is 314 g/mol. The highest BCUT2D eigenvalue weighted by atomic mass is 16.4. The number of amides is 1. The van der Waals surface area contributed by atoms with Gasteiger partial charge in [-0.2, -0.15) is 0 Å². The molecule has 0 radical (unpaired) electrons. The van der Waals surface area contributed by atoms with Crippen LogP contribution in [0, 0.1) is 17.8 Å². The summed E-state index contributed by atoms with van der Waals surface area (Å²) in [5.41, 5.74) is 1.19. The van der Waals surface area contributed by atoms with E-state index >= 15 is 0 Å². The van der Waals surface area contributed by atoms with Crippen molar-refractivity contribution in [1.29, 1.82) is 0 Å². The molecular formula is C18H22N2O3. The van der Waals surface area contributed by atoms with Crippen LogP contribution in [0.25, 0.3) is 11.1 Å². The normalized spacial score (nSPS) is 26.5. The van der Waals surface area contributed by atoms with Gasteiger partial charge in [-0.3, -0.25) is 9.36 Å². The van der Waals surface area contributed by atoms with Crippen LogP contribution in [0.1, 0.15) is 32.1 Å². The third-order valence-corrected chi connectivity index (χ3v) is 5.67. The number of hydrogen-bond acceptors (Lipinski definition) is 3. The van der Waals surface area contributed by atoms with Gasteiger partial charge >= 0.3 is 5.76 Å². The fraction of sp³-hybridized carbons (Fsp3) is 0.556. The molecule has 1 heterocycles. The first-order valence-corrected chi connectivity index (χ1v) is 8.57. The van der Waals surface area contributed by atoms with Crippen LogP contribution in [0.5, 0.6) is 0 Å². The molecule has 5 heteroatoms. The molecule has 0 bridgehead atoms. The van der Waals surface area contributed by atoms with Crippen LogP contribution >= 0.6 is 0 Å². The maximum Gasteiger partial charge on any atom is 0.420 e. The van der Waals surface area contributed by atoms with Crippen LogP contribution in [0.2, 0.25) is 0 Å². The topological polar surface area (TPSA) is 64.2 Å². The Labute approximate surface area is 134 Å². The largest absolute Gasteiger partial charge is 0.420 e. The highest BCUT2D eigenvalue weighted by Gasteiger charge is 2.38. The fourth-order valence-corrected chi connectivity index (χ4v) is 4.55. The maximum atomic E-state index is 12.2. The van der Waals surface area contributed by atoms with E-state index in [9.17, 15) is 9.59 Å². The van der Waals surface area contributed by atoms with Crippen molar-refractivity contribution in [3.05, 3.63) is 34.8 Å². The van der Waals surface area contributed by atoms with Gasteiger partial charge in [0, 0.05) is 6.54 Å². The molecule has 122 valence electrons. The minimum atomic E-state index is -0.474. The van der Waals surface area contributed by atoms with Gasteiger partial charge in [0.15, 0.2) is 5.58 Å². The van der Waals surface area contributed by atoms with Crippen molar-refractivity contribution in [3.63, 3.8) is 0 Å². The summed E-state index contributed by atoms with van der Waals surface area (Å²) in [5, 5.41) is 3.03. The van der Waals surface area contributed by atoms with E-state index in [0.717, 1.165) is 18.4 Å². The van der Waals surface area contributed by atoms with Gasteiger partial charge in [0.25, 0.3) is 0 Å². The van der Waals surface area contributed by atoms with Crippen LogP contribution in [0.4, 0.5) is 0 Å². The molecule has 2 aliphatic rings. The van der Waals surface area contributed by atoms with Crippen LogP contribution in [0.3, 0.4) is 0 Å². The number of rotatable bonds is 4. The van der Waals surface area contributed by atoms with E-state index in [2.05, 4.69) is 5.32 Å². The van der Waals surface area contributed by atoms with Crippen molar-refractivity contribution >= 4 is 17.0 Å². The van der Waals surface area contributed by atoms with E-state index < -0.39 is 5.76 Å². The number of oxazole rings is 1. The van der Waals surface area contributed by atoms with Gasteiger partial charge in [-0.1, -0.05) is 25.0 Å². The lowest BCUT2D eigenvalue weighted by Gasteiger charge is -2.18. The molecule has 0 saturated heterocycles. The summed E-state index contributed by atoms with van der Waals surface area (Å²) in [4.78, 5) is 24.1. The number of benzene rings is 1. The average Bonchev–Trinajstić information content (AvgIpc) is 3.21. The summed E-state index contributed by atoms with van der Waals surface area (Å²) in [6, 6.07) is 7.19. The Morgan fingerprint density at radius 2 is 2.09 bits per heavy atom. The standard InChI is InChI=1S/C18H22N2O3/c21-17(19-10-13-9-8-12-4-3-5-14(12)13)11-20-15-6-1-2-7-16(15)23-18(20)22/h1-2,6-7,12-14H,3-5,8-11H2,(H,19,21)/t12-,13+,14-/m0/s1. The van der Waals surface area contributed by atoms with E-state index in [1.54, 1.807) is 12.1 Å². The number of hydrogen-bond donors (Lipinski definition) is 1. The second-order valence-electron chi connectivity index (χ2n) is 6.92. The first kappa shape index (κ1) is 14.5. The zero-order valence-corrected chi connectivity index (χ0v) is 13.2. The van der Waals surface area contributed by atoms with E-state index in [1.165, 1.54) is 36.7 Å². The fourth-order valence-electron chi connectivity index (χ4n) is 4.55. The van der Waals surface area contributed by atoms with Crippen LogP contribution in [-0.4, -0.2) is 17.0 Å². The van der Waals surface area contributed by atoms with Gasteiger partial charge in [0.05, 0.1) is 5.52 Å². The Morgan fingerprint density at radius 1 is 1.22 bits per heavy atom. The third-order valence-electron chi connectivity index (χ3n) is 5.67. The minimum absolute atomic E-state index is 0.0245. The number of fused-ring (bicyclic) bond motifs is 2. The number of carbonyl (C=O) groups is 1. The Hall–Kier alpha value is -2.04. The van der Waals surface area contributed by atoms with Gasteiger partial charge in [-0.25, -0.2) is 4.79 Å². The molecule has 1 N–H and O–H groups in total. The molecule has 0 spiro atoms. The van der Waals surface area contributed by atoms with Crippen molar-refractivity contribution in [2.45, 2.75) is 38.6 Å². The third kappa shape index (κ3) is 2.69. The zero-order valence-electron chi connectivity index (χ0n) is 13.2. The number of nitrogens with one attached hydrogen (secondary N) is 1.